The number of rotatable bonds is 0. The summed E-state index contributed by atoms with van der Waals surface area (Å²) in [5.74, 6) is 0. The Balaban J connectivity index is 2.35. The molecule has 0 aliphatic heterocycles. The van der Waals surface area contributed by atoms with Crippen LogP contribution in [0.2, 0.25) is 0 Å². The minimum Gasteiger partial charge on any atom is -0.0845 e. The van der Waals surface area contributed by atoms with Gasteiger partial charge in [-0.3, -0.25) is 0 Å². The fraction of sp³-hybridized carbons (Fsp3) is 0.429. The number of allylic oxidation sites excluding steroid dienone is 8. The molecule has 0 N–H and O–H groups in total. The monoisotopic (exact) mass is 187 g/mol. The van der Waals surface area contributed by atoms with Crippen LogP contribution >= 0.6 is 0 Å². The quantitative estimate of drug-likeness (QED) is 0.528. The van der Waals surface area contributed by atoms with Crippen molar-refractivity contribution in [1.29, 1.82) is 0 Å². The van der Waals surface area contributed by atoms with Crippen LogP contribution < -0.4 is 0 Å². The smallest absolute Gasteiger partial charge is 0.0163 e. The van der Waals surface area contributed by atoms with Crippen molar-refractivity contribution < 1.29 is 0 Å². The van der Waals surface area contributed by atoms with E-state index in [1.807, 2.05) is 6.08 Å². The Morgan fingerprint density at radius 3 is 2.64 bits per heavy atom. The molecule has 0 heteroatoms. The SMILES string of the molecule is [C]1=C/C=C\C/C=C\C=C\CCCCC/1. The lowest BCUT2D eigenvalue weighted by atomic mass is 10.1. The van der Waals surface area contributed by atoms with E-state index in [0.29, 0.717) is 0 Å². The Bertz CT molecular complexity index is 204. The first-order chi connectivity index (χ1) is 7.00. The Kier molecular flexibility index (Phi) is 6.74. The van der Waals surface area contributed by atoms with Crippen molar-refractivity contribution in [2.24, 2.45) is 0 Å². The molecule has 1 aliphatic carbocycles. The summed E-state index contributed by atoms with van der Waals surface area (Å²) in [5.41, 5.74) is 0. The number of hydrogen-bond donors (Lipinski definition) is 0. The molecule has 0 bridgehead atoms. The molecule has 0 fully saturated rings. The fourth-order valence-corrected chi connectivity index (χ4v) is 1.37. The first kappa shape index (κ1) is 11.0. The van der Waals surface area contributed by atoms with Gasteiger partial charge >= 0.3 is 0 Å². The Morgan fingerprint density at radius 2 is 1.64 bits per heavy atom. The molecule has 0 unspecified atom stereocenters. The summed E-state index contributed by atoms with van der Waals surface area (Å²) >= 11 is 0. The van der Waals surface area contributed by atoms with Gasteiger partial charge in [-0.15, -0.1) is 0 Å². The molecule has 0 saturated heterocycles. The van der Waals surface area contributed by atoms with Crippen molar-refractivity contribution in [3.8, 4) is 0 Å². The summed E-state index contributed by atoms with van der Waals surface area (Å²) in [6.07, 6.45) is 25.5. The summed E-state index contributed by atoms with van der Waals surface area (Å²) in [7, 11) is 0. The summed E-state index contributed by atoms with van der Waals surface area (Å²) in [6.45, 7) is 0. The predicted molar refractivity (Wildman–Crippen MR) is 62.9 cm³/mol. The molecule has 0 aromatic rings. The van der Waals surface area contributed by atoms with E-state index in [1.54, 1.807) is 0 Å². The molecule has 14 heavy (non-hydrogen) atoms. The van der Waals surface area contributed by atoms with Gasteiger partial charge in [-0.1, -0.05) is 49.0 Å². The van der Waals surface area contributed by atoms with E-state index in [1.165, 1.54) is 25.7 Å². The van der Waals surface area contributed by atoms with Gasteiger partial charge < -0.3 is 0 Å². The van der Waals surface area contributed by atoms with Gasteiger partial charge in [0.1, 0.15) is 0 Å². The summed E-state index contributed by atoms with van der Waals surface area (Å²) in [5, 5.41) is 0. The van der Waals surface area contributed by atoms with Crippen LogP contribution in [0.25, 0.3) is 0 Å². The van der Waals surface area contributed by atoms with E-state index in [2.05, 4.69) is 42.5 Å². The Hall–Kier alpha value is -1.04. The first-order valence-electron chi connectivity index (χ1n) is 5.53. The van der Waals surface area contributed by atoms with E-state index in [9.17, 15) is 0 Å². The second-order valence-corrected chi connectivity index (χ2v) is 3.49. The van der Waals surface area contributed by atoms with E-state index in [-0.39, 0.29) is 0 Å². The van der Waals surface area contributed by atoms with Gasteiger partial charge in [0, 0.05) is 0 Å². The molecular weight excluding hydrogens is 168 g/mol. The third-order valence-corrected chi connectivity index (χ3v) is 2.20. The maximum Gasteiger partial charge on any atom is -0.0163 e. The standard InChI is InChI=1S/C14H19/c1-2-4-6-8-10-12-14-13-11-9-7-5-3-1/h1-4,7,9,11H,5-6,8,10,12,14H2/b3-1-,4-2+,9-7-,13-11?. The minimum atomic E-state index is 1.02. The van der Waals surface area contributed by atoms with Crippen LogP contribution in [0, 0.1) is 6.08 Å². The molecule has 0 atom stereocenters. The van der Waals surface area contributed by atoms with Gasteiger partial charge in [0.15, 0.2) is 0 Å². The zero-order chi connectivity index (χ0) is 9.90. The van der Waals surface area contributed by atoms with Gasteiger partial charge in [-0.25, -0.2) is 0 Å². The van der Waals surface area contributed by atoms with Gasteiger partial charge in [0.05, 0.1) is 0 Å². The van der Waals surface area contributed by atoms with Crippen LogP contribution in [0.4, 0.5) is 0 Å². The highest BCUT2D eigenvalue weighted by Crippen LogP contribution is 2.04. The second-order valence-electron chi connectivity index (χ2n) is 3.49. The molecule has 0 aromatic heterocycles. The highest BCUT2D eigenvalue weighted by atomic mass is 13.9. The van der Waals surface area contributed by atoms with Crippen LogP contribution in [-0.4, -0.2) is 0 Å². The fourth-order valence-electron chi connectivity index (χ4n) is 1.37. The van der Waals surface area contributed by atoms with Crippen molar-refractivity contribution in [2.75, 3.05) is 0 Å². The topological polar surface area (TPSA) is 0 Å². The first-order valence-corrected chi connectivity index (χ1v) is 5.53. The van der Waals surface area contributed by atoms with Crippen molar-refractivity contribution in [2.45, 2.75) is 38.5 Å². The lowest BCUT2D eigenvalue weighted by Gasteiger charge is -1.94. The third kappa shape index (κ3) is 6.47. The molecule has 1 aliphatic rings. The average molecular weight is 187 g/mol. The molecule has 0 aromatic carbocycles. The number of hydrogen-bond acceptors (Lipinski definition) is 0. The van der Waals surface area contributed by atoms with E-state index in [0.717, 1.165) is 12.8 Å². The van der Waals surface area contributed by atoms with Crippen LogP contribution in [0.1, 0.15) is 38.5 Å². The van der Waals surface area contributed by atoms with Gasteiger partial charge in [-0.05, 0) is 38.2 Å². The van der Waals surface area contributed by atoms with Crippen LogP contribution in [0.3, 0.4) is 0 Å². The molecule has 1 radical (unpaired) electrons. The van der Waals surface area contributed by atoms with Crippen LogP contribution in [-0.2, 0) is 0 Å². The second kappa shape index (κ2) is 8.55. The minimum absolute atomic E-state index is 1.02. The van der Waals surface area contributed by atoms with E-state index < -0.39 is 0 Å². The average Bonchev–Trinajstić information content (AvgIpc) is 2.22. The lowest BCUT2D eigenvalue weighted by Crippen LogP contribution is -1.75. The van der Waals surface area contributed by atoms with Gasteiger partial charge in [-0.2, -0.15) is 0 Å². The van der Waals surface area contributed by atoms with Gasteiger partial charge in [0.2, 0.25) is 0 Å². The molecule has 0 saturated carbocycles. The normalized spacial score (nSPS) is 28.6. The molecule has 1 rings (SSSR count). The molecular formula is C14H19. The summed E-state index contributed by atoms with van der Waals surface area (Å²) in [6, 6.07) is 0. The van der Waals surface area contributed by atoms with Crippen LogP contribution in [0.5, 0.6) is 0 Å². The van der Waals surface area contributed by atoms with Crippen molar-refractivity contribution in [3.05, 3.63) is 48.6 Å². The third-order valence-electron chi connectivity index (χ3n) is 2.20. The summed E-state index contributed by atoms with van der Waals surface area (Å²) in [4.78, 5) is 0. The zero-order valence-corrected chi connectivity index (χ0v) is 8.78. The van der Waals surface area contributed by atoms with Crippen molar-refractivity contribution >= 4 is 0 Å². The predicted octanol–water partition coefficient (Wildman–Crippen LogP) is 4.37. The van der Waals surface area contributed by atoms with E-state index >= 15 is 0 Å². The zero-order valence-electron chi connectivity index (χ0n) is 8.78. The highest BCUT2D eigenvalue weighted by Gasteiger charge is 1.85. The van der Waals surface area contributed by atoms with E-state index in [4.69, 9.17) is 0 Å². The molecule has 0 spiro atoms. The maximum atomic E-state index is 3.29. The molecule has 0 heterocycles. The summed E-state index contributed by atoms with van der Waals surface area (Å²) < 4.78 is 0. The Labute approximate surface area is 87.7 Å². The Morgan fingerprint density at radius 1 is 0.786 bits per heavy atom. The maximum absolute atomic E-state index is 3.29. The molecule has 0 nitrogen and oxygen atoms in total. The van der Waals surface area contributed by atoms with Crippen molar-refractivity contribution in [3.63, 3.8) is 0 Å². The molecule has 0 amide bonds. The lowest BCUT2D eigenvalue weighted by molar-refractivity contribution is 0.691. The largest absolute Gasteiger partial charge is 0.0845 e. The van der Waals surface area contributed by atoms with Gasteiger partial charge in [0.25, 0.3) is 0 Å². The van der Waals surface area contributed by atoms with Crippen molar-refractivity contribution in [1.82, 2.24) is 0 Å². The highest BCUT2D eigenvalue weighted by molar-refractivity contribution is 5.07. The molecule has 75 valence electrons. The van der Waals surface area contributed by atoms with Crippen LogP contribution in [0.15, 0.2) is 42.5 Å².